The molecule has 9 heteroatoms. The maximum absolute atomic E-state index is 15.0. The molecule has 0 unspecified atom stereocenters. The van der Waals surface area contributed by atoms with Gasteiger partial charge in [-0.25, -0.2) is 9.37 Å². The Kier molecular flexibility index (Phi) is 6.30. The van der Waals surface area contributed by atoms with Crippen molar-refractivity contribution in [1.82, 2.24) is 15.3 Å². The number of rotatable bonds is 6. The van der Waals surface area contributed by atoms with Crippen LogP contribution in [0.2, 0.25) is 10.2 Å². The van der Waals surface area contributed by atoms with Crippen molar-refractivity contribution in [2.24, 2.45) is 0 Å². The zero-order chi connectivity index (χ0) is 21.1. The number of aromatic amines is 1. The predicted molar refractivity (Wildman–Crippen MR) is 111 cm³/mol. The van der Waals surface area contributed by atoms with Gasteiger partial charge in [-0.15, -0.1) is 0 Å². The Hall–Kier alpha value is -2.77. The number of nitrogens with two attached hydrogens (primary N) is 1. The first-order valence-corrected chi connectivity index (χ1v) is 9.54. The summed E-state index contributed by atoms with van der Waals surface area (Å²) in [6.45, 7) is 3.93. The fourth-order valence-corrected chi connectivity index (χ4v) is 3.02. The fraction of sp³-hybridized carbons (Fsp3) is 0.200. The quantitative estimate of drug-likeness (QED) is 0.458. The van der Waals surface area contributed by atoms with Gasteiger partial charge in [0.05, 0.1) is 11.3 Å². The summed E-state index contributed by atoms with van der Waals surface area (Å²) in [6, 6.07) is 8.18. The van der Waals surface area contributed by atoms with Crippen LogP contribution in [0.3, 0.4) is 0 Å². The summed E-state index contributed by atoms with van der Waals surface area (Å²) in [5, 5.41) is 2.76. The summed E-state index contributed by atoms with van der Waals surface area (Å²) in [4.78, 5) is 18.5. The van der Waals surface area contributed by atoms with Gasteiger partial charge in [0, 0.05) is 23.9 Å². The summed E-state index contributed by atoms with van der Waals surface area (Å²) in [6.07, 6.45) is 1.29. The second kappa shape index (κ2) is 8.71. The van der Waals surface area contributed by atoms with Gasteiger partial charge in [0.25, 0.3) is 5.91 Å². The van der Waals surface area contributed by atoms with E-state index in [1.807, 2.05) is 19.9 Å². The molecule has 3 aromatic rings. The molecular formula is C20H19Cl2FN4O2. The molecule has 1 aromatic heterocycles. The van der Waals surface area contributed by atoms with Crippen LogP contribution >= 0.6 is 23.2 Å². The molecule has 0 aliphatic rings. The molecule has 0 saturated heterocycles. The molecule has 4 N–H and O–H groups in total. The van der Waals surface area contributed by atoms with Crippen molar-refractivity contribution in [2.75, 3.05) is 5.73 Å². The van der Waals surface area contributed by atoms with Crippen LogP contribution in [-0.2, 0) is 6.54 Å². The fourth-order valence-electron chi connectivity index (χ4n) is 2.66. The Morgan fingerprint density at radius 2 is 2.07 bits per heavy atom. The van der Waals surface area contributed by atoms with Crippen molar-refractivity contribution in [3.05, 3.63) is 69.5 Å². The van der Waals surface area contributed by atoms with Gasteiger partial charge in [-0.1, -0.05) is 43.1 Å². The minimum absolute atomic E-state index is 0.0264. The highest BCUT2D eigenvalue weighted by Crippen LogP contribution is 2.35. The molecule has 6 nitrogen and oxygen atoms in total. The summed E-state index contributed by atoms with van der Waals surface area (Å²) in [7, 11) is 0. The number of nitrogen functional groups attached to an aromatic ring is 1. The molecule has 152 valence electrons. The van der Waals surface area contributed by atoms with Crippen LogP contribution in [0.5, 0.6) is 11.5 Å². The number of carbonyl (C=O) groups excluding carboxylic acids is 1. The summed E-state index contributed by atoms with van der Waals surface area (Å²) in [5.74, 6) is -0.767. The first kappa shape index (κ1) is 21.0. The van der Waals surface area contributed by atoms with Crippen LogP contribution in [-0.4, -0.2) is 15.9 Å². The number of hydrogen-bond donors (Lipinski definition) is 3. The van der Waals surface area contributed by atoms with Gasteiger partial charge in [0.2, 0.25) is 0 Å². The highest BCUT2D eigenvalue weighted by atomic mass is 35.5. The van der Waals surface area contributed by atoms with Crippen LogP contribution in [0.25, 0.3) is 0 Å². The van der Waals surface area contributed by atoms with Crippen molar-refractivity contribution < 1.29 is 13.9 Å². The van der Waals surface area contributed by atoms with E-state index >= 15 is 4.39 Å². The Morgan fingerprint density at radius 1 is 1.31 bits per heavy atom. The van der Waals surface area contributed by atoms with E-state index in [2.05, 4.69) is 15.3 Å². The molecule has 1 amide bonds. The number of imidazole rings is 1. The minimum atomic E-state index is -0.681. The average Bonchev–Trinajstić information content (AvgIpc) is 3.10. The predicted octanol–water partition coefficient (Wildman–Crippen LogP) is 5.28. The van der Waals surface area contributed by atoms with Crippen molar-refractivity contribution >= 4 is 34.8 Å². The molecule has 0 fully saturated rings. The van der Waals surface area contributed by atoms with Crippen LogP contribution in [0.15, 0.2) is 36.7 Å². The van der Waals surface area contributed by atoms with Crippen LogP contribution in [0, 0.1) is 5.82 Å². The number of carbonyl (C=O) groups is 1. The lowest BCUT2D eigenvalue weighted by Gasteiger charge is -2.14. The maximum atomic E-state index is 15.0. The van der Waals surface area contributed by atoms with E-state index in [-0.39, 0.29) is 39.6 Å². The van der Waals surface area contributed by atoms with Crippen molar-refractivity contribution in [1.29, 1.82) is 0 Å². The average molecular weight is 437 g/mol. The van der Waals surface area contributed by atoms with Gasteiger partial charge in [0.15, 0.2) is 17.3 Å². The zero-order valence-corrected chi connectivity index (χ0v) is 17.2. The SMILES string of the molecule is CC(C)c1cc(N)cc(Oc2c(Cl)ccc(CNC(=O)c3nc[nH]c3Cl)c2F)c1. The van der Waals surface area contributed by atoms with Crippen molar-refractivity contribution in [2.45, 2.75) is 26.3 Å². The highest BCUT2D eigenvalue weighted by Gasteiger charge is 2.18. The molecule has 2 aromatic carbocycles. The summed E-state index contributed by atoms with van der Waals surface area (Å²) < 4.78 is 20.7. The van der Waals surface area contributed by atoms with Crippen LogP contribution < -0.4 is 15.8 Å². The van der Waals surface area contributed by atoms with Crippen LogP contribution in [0.1, 0.15) is 41.4 Å². The summed E-state index contributed by atoms with van der Waals surface area (Å²) >= 11 is 12.0. The molecule has 1 heterocycles. The third kappa shape index (κ3) is 4.81. The lowest BCUT2D eigenvalue weighted by molar-refractivity contribution is 0.0946. The Bertz CT molecular complexity index is 1050. The van der Waals surface area contributed by atoms with Crippen LogP contribution in [0.4, 0.5) is 10.1 Å². The second-order valence-electron chi connectivity index (χ2n) is 6.69. The Labute approximate surface area is 177 Å². The molecule has 0 atom stereocenters. The minimum Gasteiger partial charge on any atom is -0.453 e. The smallest absolute Gasteiger partial charge is 0.273 e. The molecular weight excluding hydrogens is 418 g/mol. The topological polar surface area (TPSA) is 93.0 Å². The third-order valence-electron chi connectivity index (χ3n) is 4.21. The molecule has 0 radical (unpaired) electrons. The second-order valence-corrected chi connectivity index (χ2v) is 7.47. The number of nitrogens with one attached hydrogen (secondary N) is 2. The van der Waals surface area contributed by atoms with Gasteiger partial charge in [-0.3, -0.25) is 4.79 Å². The molecule has 0 bridgehead atoms. The number of ether oxygens (including phenoxy) is 1. The van der Waals surface area contributed by atoms with E-state index in [0.29, 0.717) is 11.4 Å². The van der Waals surface area contributed by atoms with E-state index in [0.717, 1.165) is 5.56 Å². The molecule has 0 spiro atoms. The van der Waals surface area contributed by atoms with E-state index in [1.54, 1.807) is 12.1 Å². The molecule has 0 aliphatic carbocycles. The number of anilines is 1. The third-order valence-corrected chi connectivity index (χ3v) is 4.80. The van der Waals surface area contributed by atoms with Crippen molar-refractivity contribution in [3.63, 3.8) is 0 Å². The number of hydrogen-bond acceptors (Lipinski definition) is 4. The lowest BCUT2D eigenvalue weighted by atomic mass is 10.0. The van der Waals surface area contributed by atoms with E-state index in [9.17, 15) is 4.79 Å². The molecule has 0 aliphatic heterocycles. The lowest BCUT2D eigenvalue weighted by Crippen LogP contribution is -2.24. The highest BCUT2D eigenvalue weighted by molar-refractivity contribution is 6.32. The standard InChI is InChI=1S/C20H19Cl2FN4O2/c1-10(2)12-5-13(24)7-14(6-12)29-18-15(21)4-3-11(16(18)23)8-25-20(28)17-19(22)27-9-26-17/h3-7,9-10H,8,24H2,1-2H3,(H,25,28)(H,26,27). The van der Waals surface area contributed by atoms with E-state index in [1.165, 1.54) is 18.5 Å². The number of nitrogens with zero attached hydrogens (tertiary/aromatic N) is 1. The zero-order valence-electron chi connectivity index (χ0n) is 15.7. The van der Waals surface area contributed by atoms with Gasteiger partial charge in [0.1, 0.15) is 10.9 Å². The molecule has 0 saturated carbocycles. The number of H-pyrrole nitrogens is 1. The maximum Gasteiger partial charge on any atom is 0.273 e. The molecule has 3 rings (SSSR count). The van der Waals surface area contributed by atoms with Gasteiger partial charge in [-0.05, 0) is 29.7 Å². The van der Waals surface area contributed by atoms with E-state index < -0.39 is 11.7 Å². The number of benzene rings is 2. The van der Waals surface area contributed by atoms with Crippen molar-refractivity contribution in [3.8, 4) is 11.5 Å². The first-order valence-electron chi connectivity index (χ1n) is 8.78. The monoisotopic (exact) mass is 436 g/mol. The number of amides is 1. The normalized spacial score (nSPS) is 11.0. The van der Waals surface area contributed by atoms with Gasteiger partial charge in [-0.2, -0.15) is 0 Å². The Balaban J connectivity index is 1.82. The number of halogens is 3. The Morgan fingerprint density at radius 3 is 2.72 bits per heavy atom. The molecule has 29 heavy (non-hydrogen) atoms. The number of aromatic nitrogens is 2. The largest absolute Gasteiger partial charge is 0.453 e. The van der Waals surface area contributed by atoms with Gasteiger partial charge < -0.3 is 20.8 Å². The summed E-state index contributed by atoms with van der Waals surface area (Å²) in [5.41, 5.74) is 7.60. The van der Waals surface area contributed by atoms with Gasteiger partial charge >= 0.3 is 0 Å². The first-order chi connectivity index (χ1) is 13.8. The van der Waals surface area contributed by atoms with E-state index in [4.69, 9.17) is 33.7 Å².